The monoisotopic (exact) mass is 434 g/mol. The summed E-state index contributed by atoms with van der Waals surface area (Å²) >= 11 is 0. The zero-order chi connectivity index (χ0) is 21.7. The number of methoxy groups -OCH3 is 1. The summed E-state index contributed by atoms with van der Waals surface area (Å²) in [5.74, 6) is 1.82. The van der Waals surface area contributed by atoms with Gasteiger partial charge in [-0.15, -0.1) is 15.3 Å². The quantitative estimate of drug-likeness (QED) is 0.391. The standard InChI is InChI=1S/C20H18N8O4/c1-11-5-15(26-32-11)19-23-22-18-6-17(29-2)20(25-28(18)19)31-8-12-3-4-14-16(21-12)7-27(24-14)13-9-30-10-13/h3-7,13H,8-10H2,1-2H3. The molecule has 1 aliphatic heterocycles. The van der Waals surface area contributed by atoms with Crippen LogP contribution in [0, 0.1) is 6.92 Å². The number of nitrogens with zero attached hydrogens (tertiary/aromatic N) is 8. The highest BCUT2D eigenvalue weighted by Gasteiger charge is 2.22. The zero-order valence-electron chi connectivity index (χ0n) is 17.3. The fourth-order valence-corrected chi connectivity index (χ4v) is 3.43. The fourth-order valence-electron chi connectivity index (χ4n) is 3.43. The highest BCUT2D eigenvalue weighted by molar-refractivity contribution is 5.73. The topological polar surface area (TPSA) is 128 Å². The number of ether oxygens (including phenoxy) is 3. The van der Waals surface area contributed by atoms with Crippen LogP contribution in [0.15, 0.2) is 35.0 Å². The third kappa shape index (κ3) is 3.12. The van der Waals surface area contributed by atoms with Gasteiger partial charge in [-0.3, -0.25) is 4.68 Å². The van der Waals surface area contributed by atoms with Crippen molar-refractivity contribution in [3.8, 4) is 23.1 Å². The second kappa shape index (κ2) is 7.27. The smallest absolute Gasteiger partial charge is 0.275 e. The second-order valence-corrected chi connectivity index (χ2v) is 7.43. The van der Waals surface area contributed by atoms with Crippen LogP contribution in [0.3, 0.4) is 0 Å². The van der Waals surface area contributed by atoms with E-state index in [0.29, 0.717) is 41.9 Å². The molecule has 0 radical (unpaired) electrons. The largest absolute Gasteiger partial charge is 0.491 e. The predicted octanol–water partition coefficient (Wildman–Crippen LogP) is 1.99. The van der Waals surface area contributed by atoms with Gasteiger partial charge in [0.1, 0.15) is 23.4 Å². The Kier molecular flexibility index (Phi) is 4.24. The molecule has 0 saturated carbocycles. The average molecular weight is 434 g/mol. The van der Waals surface area contributed by atoms with Crippen molar-refractivity contribution in [3.63, 3.8) is 0 Å². The first-order valence-electron chi connectivity index (χ1n) is 9.97. The van der Waals surface area contributed by atoms with Gasteiger partial charge in [0, 0.05) is 12.1 Å². The molecular weight excluding hydrogens is 416 g/mol. The van der Waals surface area contributed by atoms with Crippen LogP contribution in [-0.4, -0.2) is 60.1 Å². The molecule has 1 aliphatic rings. The summed E-state index contributed by atoms with van der Waals surface area (Å²) < 4.78 is 25.2. The van der Waals surface area contributed by atoms with Crippen molar-refractivity contribution >= 4 is 16.7 Å². The van der Waals surface area contributed by atoms with Crippen molar-refractivity contribution in [1.29, 1.82) is 0 Å². The summed E-state index contributed by atoms with van der Waals surface area (Å²) in [6.45, 7) is 3.36. The van der Waals surface area contributed by atoms with E-state index in [1.807, 2.05) is 23.0 Å². The van der Waals surface area contributed by atoms with Crippen molar-refractivity contribution in [2.45, 2.75) is 19.6 Å². The summed E-state index contributed by atoms with van der Waals surface area (Å²) in [7, 11) is 1.54. The van der Waals surface area contributed by atoms with Gasteiger partial charge in [0.15, 0.2) is 17.1 Å². The Hall–Kier alpha value is -4.06. The fraction of sp³-hybridized carbons (Fsp3) is 0.300. The van der Waals surface area contributed by atoms with E-state index in [4.69, 9.17) is 18.7 Å². The lowest BCUT2D eigenvalue weighted by Crippen LogP contribution is -2.30. The Bertz CT molecular complexity index is 1430. The SMILES string of the molecule is COc1cc2nnc(-c3cc(C)on3)n2nc1OCc1ccc2nn(C3COC3)cc2n1. The first kappa shape index (κ1) is 18.7. The Morgan fingerprint density at radius 1 is 1.12 bits per heavy atom. The van der Waals surface area contributed by atoms with Gasteiger partial charge in [0.25, 0.3) is 5.88 Å². The normalized spacial score (nSPS) is 14.2. The Morgan fingerprint density at radius 2 is 2.03 bits per heavy atom. The molecule has 32 heavy (non-hydrogen) atoms. The maximum atomic E-state index is 5.96. The molecule has 12 heteroatoms. The van der Waals surface area contributed by atoms with E-state index in [-0.39, 0.29) is 18.5 Å². The van der Waals surface area contributed by atoms with Crippen LogP contribution in [-0.2, 0) is 11.3 Å². The zero-order valence-corrected chi connectivity index (χ0v) is 17.3. The summed E-state index contributed by atoms with van der Waals surface area (Å²) in [6, 6.07) is 7.54. The van der Waals surface area contributed by atoms with E-state index in [0.717, 1.165) is 16.7 Å². The van der Waals surface area contributed by atoms with E-state index in [1.165, 1.54) is 4.52 Å². The highest BCUT2D eigenvalue weighted by Crippen LogP contribution is 2.28. The van der Waals surface area contributed by atoms with Crippen LogP contribution in [0.2, 0.25) is 0 Å². The van der Waals surface area contributed by atoms with Gasteiger partial charge in [-0.2, -0.15) is 9.61 Å². The van der Waals surface area contributed by atoms with Gasteiger partial charge < -0.3 is 18.7 Å². The third-order valence-corrected chi connectivity index (χ3v) is 5.19. The number of fused-ring (bicyclic) bond motifs is 2. The Labute approximate surface area is 180 Å². The van der Waals surface area contributed by atoms with Gasteiger partial charge in [0.05, 0.1) is 38.3 Å². The van der Waals surface area contributed by atoms with Crippen molar-refractivity contribution in [3.05, 3.63) is 41.9 Å². The number of aryl methyl sites for hydroxylation is 1. The van der Waals surface area contributed by atoms with E-state index >= 15 is 0 Å². The summed E-state index contributed by atoms with van der Waals surface area (Å²) in [5.41, 5.74) is 3.39. The van der Waals surface area contributed by atoms with Gasteiger partial charge in [-0.1, -0.05) is 5.16 Å². The molecule has 0 aromatic carbocycles. The molecule has 0 atom stereocenters. The van der Waals surface area contributed by atoms with Crippen LogP contribution in [0.25, 0.3) is 28.2 Å². The van der Waals surface area contributed by atoms with Crippen molar-refractivity contribution in [1.82, 2.24) is 39.7 Å². The first-order valence-corrected chi connectivity index (χ1v) is 9.97. The molecule has 6 rings (SSSR count). The first-order chi connectivity index (χ1) is 15.7. The van der Waals surface area contributed by atoms with Gasteiger partial charge >= 0.3 is 0 Å². The van der Waals surface area contributed by atoms with Gasteiger partial charge in [-0.05, 0) is 19.1 Å². The molecule has 1 saturated heterocycles. The summed E-state index contributed by atoms with van der Waals surface area (Å²) in [5, 5.41) is 21.4. The minimum absolute atomic E-state index is 0.197. The number of aromatic nitrogens is 8. The van der Waals surface area contributed by atoms with Crippen LogP contribution >= 0.6 is 0 Å². The maximum absolute atomic E-state index is 5.96. The minimum atomic E-state index is 0.197. The lowest BCUT2D eigenvalue weighted by molar-refractivity contribution is -0.0283. The van der Waals surface area contributed by atoms with Crippen molar-refractivity contribution < 1.29 is 18.7 Å². The molecular formula is C20H18N8O4. The molecule has 5 aromatic rings. The highest BCUT2D eigenvalue weighted by atomic mass is 16.5. The van der Waals surface area contributed by atoms with Crippen molar-refractivity contribution in [2.24, 2.45) is 0 Å². The predicted molar refractivity (Wildman–Crippen MR) is 109 cm³/mol. The Balaban J connectivity index is 1.29. The second-order valence-electron chi connectivity index (χ2n) is 7.43. The molecule has 5 aromatic heterocycles. The lowest BCUT2D eigenvalue weighted by atomic mass is 10.3. The third-order valence-electron chi connectivity index (χ3n) is 5.19. The lowest BCUT2D eigenvalue weighted by Gasteiger charge is -2.25. The molecule has 0 N–H and O–H groups in total. The van der Waals surface area contributed by atoms with Crippen LogP contribution in [0.1, 0.15) is 17.5 Å². The molecule has 0 bridgehead atoms. The molecule has 12 nitrogen and oxygen atoms in total. The number of hydrogen-bond acceptors (Lipinski definition) is 10. The number of pyridine rings is 1. The van der Waals surface area contributed by atoms with E-state index in [9.17, 15) is 0 Å². The van der Waals surface area contributed by atoms with Crippen LogP contribution < -0.4 is 9.47 Å². The van der Waals surface area contributed by atoms with Crippen molar-refractivity contribution in [2.75, 3.05) is 20.3 Å². The molecule has 0 spiro atoms. The van der Waals surface area contributed by atoms with E-state index in [1.54, 1.807) is 26.2 Å². The number of hydrogen-bond donors (Lipinski definition) is 0. The molecule has 6 heterocycles. The summed E-state index contributed by atoms with van der Waals surface area (Å²) in [4.78, 5) is 4.66. The maximum Gasteiger partial charge on any atom is 0.275 e. The molecule has 0 aliphatic carbocycles. The van der Waals surface area contributed by atoms with E-state index in [2.05, 4.69) is 30.5 Å². The molecule has 1 fully saturated rings. The average Bonchev–Trinajstić information content (AvgIpc) is 3.47. The Morgan fingerprint density at radius 3 is 2.78 bits per heavy atom. The van der Waals surface area contributed by atoms with Crippen LogP contribution in [0.5, 0.6) is 11.6 Å². The molecule has 0 amide bonds. The minimum Gasteiger partial charge on any atom is -0.491 e. The van der Waals surface area contributed by atoms with Gasteiger partial charge in [0.2, 0.25) is 5.82 Å². The van der Waals surface area contributed by atoms with Gasteiger partial charge in [-0.25, -0.2) is 4.98 Å². The van der Waals surface area contributed by atoms with E-state index < -0.39 is 0 Å². The molecule has 0 unspecified atom stereocenters. The molecule has 162 valence electrons. The van der Waals surface area contributed by atoms with Crippen LogP contribution in [0.4, 0.5) is 0 Å². The number of rotatable bonds is 6. The summed E-state index contributed by atoms with van der Waals surface area (Å²) in [6.07, 6.45) is 1.93.